The molecule has 0 heterocycles. The zero-order chi connectivity index (χ0) is 17.7. The van der Waals surface area contributed by atoms with E-state index in [1.54, 1.807) is 0 Å². The fraction of sp³-hybridized carbons (Fsp3) is 0.500. The molecule has 2 nitrogen and oxygen atoms in total. The Balaban J connectivity index is 3.42. The summed E-state index contributed by atoms with van der Waals surface area (Å²) >= 11 is 0. The van der Waals surface area contributed by atoms with Crippen molar-refractivity contribution in [3.8, 4) is 0 Å². The lowest BCUT2D eigenvalue weighted by Gasteiger charge is -1.94. The molecule has 0 rings (SSSR count). The molecule has 0 aromatic heterocycles. The van der Waals surface area contributed by atoms with Crippen LogP contribution in [0.15, 0.2) is 60.8 Å². The molecule has 24 heavy (non-hydrogen) atoms. The molecular formula is C22H34O2. The number of carboxylic acids is 1. The Morgan fingerprint density at radius 1 is 0.667 bits per heavy atom. The largest absolute Gasteiger partial charge is 0.481 e. The predicted molar refractivity (Wildman–Crippen MR) is 105 cm³/mol. The number of aliphatic carboxylic acids is 1. The maximum Gasteiger partial charge on any atom is 0.303 e. The molecule has 0 aliphatic heterocycles. The highest BCUT2D eigenvalue weighted by Gasteiger charge is 1.94. The topological polar surface area (TPSA) is 37.3 Å². The summed E-state index contributed by atoms with van der Waals surface area (Å²) in [6.45, 7) is 2.15. The molecule has 2 heteroatoms. The summed E-state index contributed by atoms with van der Waals surface area (Å²) in [7, 11) is 0. The summed E-state index contributed by atoms with van der Waals surface area (Å²) in [5.41, 5.74) is 0. The minimum Gasteiger partial charge on any atom is -0.481 e. The average Bonchev–Trinajstić information content (AvgIpc) is 2.56. The van der Waals surface area contributed by atoms with Crippen molar-refractivity contribution in [2.75, 3.05) is 0 Å². The van der Waals surface area contributed by atoms with Crippen LogP contribution in [-0.2, 0) is 4.79 Å². The van der Waals surface area contributed by atoms with Gasteiger partial charge in [0.05, 0.1) is 0 Å². The van der Waals surface area contributed by atoms with Crippen LogP contribution in [0.25, 0.3) is 0 Å². The van der Waals surface area contributed by atoms with E-state index in [1.807, 2.05) is 0 Å². The Kier molecular flexibility index (Phi) is 17.8. The first-order valence-corrected chi connectivity index (χ1v) is 9.24. The molecule has 0 amide bonds. The van der Waals surface area contributed by atoms with Gasteiger partial charge in [0.25, 0.3) is 0 Å². The number of allylic oxidation sites excluding steroid dienone is 10. The minimum absolute atomic E-state index is 0.297. The molecule has 0 aliphatic rings. The Labute approximate surface area is 148 Å². The molecule has 0 bridgehead atoms. The van der Waals surface area contributed by atoms with Gasteiger partial charge in [0.15, 0.2) is 0 Å². The van der Waals surface area contributed by atoms with Crippen molar-refractivity contribution in [2.45, 2.75) is 71.1 Å². The van der Waals surface area contributed by atoms with Crippen LogP contribution in [-0.4, -0.2) is 11.1 Å². The molecule has 0 saturated carbocycles. The van der Waals surface area contributed by atoms with E-state index in [2.05, 4.69) is 67.7 Å². The smallest absolute Gasteiger partial charge is 0.303 e. The lowest BCUT2D eigenvalue weighted by molar-refractivity contribution is -0.137. The van der Waals surface area contributed by atoms with Crippen molar-refractivity contribution in [2.24, 2.45) is 0 Å². The number of rotatable bonds is 15. The minimum atomic E-state index is -0.690. The Morgan fingerprint density at radius 2 is 1.12 bits per heavy atom. The van der Waals surface area contributed by atoms with E-state index in [0.717, 1.165) is 57.8 Å². The number of unbranched alkanes of at least 4 members (excludes halogenated alkanes) is 3. The van der Waals surface area contributed by atoms with E-state index in [-0.39, 0.29) is 0 Å². The maximum absolute atomic E-state index is 10.3. The van der Waals surface area contributed by atoms with Gasteiger partial charge in [-0.2, -0.15) is 0 Å². The van der Waals surface area contributed by atoms with Gasteiger partial charge in [-0.25, -0.2) is 0 Å². The fourth-order valence-corrected chi connectivity index (χ4v) is 2.08. The van der Waals surface area contributed by atoms with Gasteiger partial charge in [-0.1, -0.05) is 74.1 Å². The molecule has 0 aromatic rings. The van der Waals surface area contributed by atoms with Gasteiger partial charge in [0.2, 0.25) is 0 Å². The Bertz CT molecular complexity index is 425. The molecule has 0 spiro atoms. The van der Waals surface area contributed by atoms with E-state index < -0.39 is 5.97 Å². The van der Waals surface area contributed by atoms with Crippen molar-refractivity contribution in [3.63, 3.8) is 0 Å². The van der Waals surface area contributed by atoms with Gasteiger partial charge in [0.1, 0.15) is 0 Å². The number of hydrogen-bond donors (Lipinski definition) is 1. The van der Waals surface area contributed by atoms with E-state index in [4.69, 9.17) is 5.11 Å². The second kappa shape index (κ2) is 19.2. The van der Waals surface area contributed by atoms with E-state index in [0.29, 0.717) is 6.42 Å². The van der Waals surface area contributed by atoms with Crippen LogP contribution in [0.4, 0.5) is 0 Å². The Morgan fingerprint density at radius 3 is 1.58 bits per heavy atom. The molecule has 134 valence electrons. The first-order valence-electron chi connectivity index (χ1n) is 9.24. The fourth-order valence-electron chi connectivity index (χ4n) is 2.08. The van der Waals surface area contributed by atoms with Crippen LogP contribution in [0.3, 0.4) is 0 Å². The van der Waals surface area contributed by atoms with E-state index in [9.17, 15) is 4.79 Å². The van der Waals surface area contributed by atoms with Crippen molar-refractivity contribution in [3.05, 3.63) is 60.8 Å². The Hall–Kier alpha value is -1.83. The van der Waals surface area contributed by atoms with Gasteiger partial charge in [-0.15, -0.1) is 0 Å². The normalized spacial score (nSPS) is 12.7. The average molecular weight is 331 g/mol. The molecule has 1 N–H and O–H groups in total. The zero-order valence-corrected chi connectivity index (χ0v) is 15.2. The molecule has 0 aromatic carbocycles. The second-order valence-electron chi connectivity index (χ2n) is 5.70. The van der Waals surface area contributed by atoms with Gasteiger partial charge < -0.3 is 5.11 Å². The summed E-state index contributed by atoms with van der Waals surface area (Å²) in [5, 5.41) is 8.52. The summed E-state index contributed by atoms with van der Waals surface area (Å²) in [6, 6.07) is 0. The molecular weight excluding hydrogens is 296 g/mol. The standard InChI is InChI=1S/C22H34O2/c1-2-3-4-5-6-7-8-9-10-11-12-13-14-15-16-17-18-19-20-21-22(23)24/h3-4,6-7,9-10,12-13,15-16H,2,5,8,11,14,17-21H2,1H3,(H,23,24)/b4-3-,7-6-,10-9-,13-12+,16-15-. The van der Waals surface area contributed by atoms with Gasteiger partial charge in [0, 0.05) is 6.42 Å². The van der Waals surface area contributed by atoms with Gasteiger partial charge in [-0.3, -0.25) is 4.79 Å². The highest BCUT2D eigenvalue weighted by Crippen LogP contribution is 2.04. The van der Waals surface area contributed by atoms with Crippen molar-refractivity contribution in [1.82, 2.24) is 0 Å². The molecule has 0 aliphatic carbocycles. The van der Waals surface area contributed by atoms with Crippen LogP contribution in [0.2, 0.25) is 0 Å². The predicted octanol–water partition coefficient (Wildman–Crippen LogP) is 6.77. The number of carbonyl (C=O) groups is 1. The van der Waals surface area contributed by atoms with Crippen molar-refractivity contribution >= 4 is 5.97 Å². The molecule has 0 unspecified atom stereocenters. The maximum atomic E-state index is 10.3. The zero-order valence-electron chi connectivity index (χ0n) is 15.2. The number of hydrogen-bond acceptors (Lipinski definition) is 1. The molecule has 0 fully saturated rings. The monoisotopic (exact) mass is 330 g/mol. The van der Waals surface area contributed by atoms with E-state index >= 15 is 0 Å². The quantitative estimate of drug-likeness (QED) is 0.265. The molecule has 0 saturated heterocycles. The third kappa shape index (κ3) is 20.2. The van der Waals surface area contributed by atoms with Crippen molar-refractivity contribution < 1.29 is 9.90 Å². The lowest BCUT2D eigenvalue weighted by Crippen LogP contribution is -1.93. The first kappa shape index (κ1) is 22.2. The highest BCUT2D eigenvalue weighted by atomic mass is 16.4. The van der Waals surface area contributed by atoms with Gasteiger partial charge in [-0.05, 0) is 51.4 Å². The second-order valence-corrected chi connectivity index (χ2v) is 5.70. The summed E-state index contributed by atoms with van der Waals surface area (Å²) in [5.74, 6) is -0.690. The summed E-state index contributed by atoms with van der Waals surface area (Å²) < 4.78 is 0. The van der Waals surface area contributed by atoms with Crippen LogP contribution < -0.4 is 0 Å². The van der Waals surface area contributed by atoms with Gasteiger partial charge >= 0.3 is 5.97 Å². The lowest BCUT2D eigenvalue weighted by atomic mass is 10.1. The summed E-state index contributed by atoms with van der Waals surface area (Å²) in [4.78, 5) is 10.3. The first-order chi connectivity index (χ1) is 11.8. The van der Waals surface area contributed by atoms with Crippen LogP contribution >= 0.6 is 0 Å². The van der Waals surface area contributed by atoms with Crippen molar-refractivity contribution in [1.29, 1.82) is 0 Å². The molecule has 0 radical (unpaired) electrons. The van der Waals surface area contributed by atoms with Crippen LogP contribution in [0.5, 0.6) is 0 Å². The van der Waals surface area contributed by atoms with Crippen LogP contribution in [0, 0.1) is 0 Å². The highest BCUT2D eigenvalue weighted by molar-refractivity contribution is 5.66. The SMILES string of the molecule is CC/C=C\C/C=C\C/C=C\C/C=C/C/C=C\CCCCCC(=O)O. The number of carboxylic acid groups (broad SMARTS) is 1. The third-order valence-corrected chi connectivity index (χ3v) is 3.42. The van der Waals surface area contributed by atoms with Crippen LogP contribution in [0.1, 0.15) is 71.1 Å². The third-order valence-electron chi connectivity index (χ3n) is 3.42. The summed E-state index contributed by atoms with van der Waals surface area (Å²) in [6.07, 6.45) is 31.3. The molecule has 0 atom stereocenters. The van der Waals surface area contributed by atoms with E-state index in [1.165, 1.54) is 0 Å².